The molecule has 100 valence electrons. The maximum Gasteiger partial charge on any atom is 0.153 e. The molecule has 0 aliphatic carbocycles. The van der Waals surface area contributed by atoms with Crippen LogP contribution in [0.1, 0.15) is 0 Å². The van der Waals surface area contributed by atoms with Crippen molar-refractivity contribution in [2.75, 3.05) is 5.73 Å². The van der Waals surface area contributed by atoms with Crippen LogP contribution in [0, 0.1) is 11.6 Å². The molecule has 20 heavy (non-hydrogen) atoms. The number of hydrogen-bond donors (Lipinski definition) is 2. The summed E-state index contributed by atoms with van der Waals surface area (Å²) in [5.41, 5.74) is 7.48. The lowest BCUT2D eigenvalue weighted by molar-refractivity contribution is 0.585. The van der Waals surface area contributed by atoms with E-state index in [0.29, 0.717) is 16.8 Å². The van der Waals surface area contributed by atoms with E-state index in [2.05, 4.69) is 20.4 Å². The van der Waals surface area contributed by atoms with Crippen LogP contribution in [0.3, 0.4) is 0 Å². The van der Waals surface area contributed by atoms with Crippen molar-refractivity contribution < 1.29 is 8.78 Å². The summed E-state index contributed by atoms with van der Waals surface area (Å²) in [6, 6.07) is 4.98. The van der Waals surface area contributed by atoms with Gasteiger partial charge in [-0.25, -0.2) is 8.78 Å². The number of nitrogens with one attached hydrogen (secondary N) is 1. The molecule has 0 aliphatic rings. The first-order chi connectivity index (χ1) is 9.66. The van der Waals surface area contributed by atoms with Gasteiger partial charge in [0.05, 0.1) is 23.7 Å². The molecule has 0 saturated carbocycles. The molecule has 3 aromatic rings. The normalized spacial score (nSPS) is 10.7. The van der Waals surface area contributed by atoms with Gasteiger partial charge in [0.1, 0.15) is 11.6 Å². The predicted octanol–water partition coefficient (Wildman–Crippen LogP) is 2.39. The number of nitrogens with zero attached hydrogens (tertiary/aromatic N) is 3. The summed E-state index contributed by atoms with van der Waals surface area (Å²) in [4.78, 5) is 0. The molecule has 7 heteroatoms. The van der Waals surface area contributed by atoms with Crippen LogP contribution < -0.4 is 5.73 Å². The quantitative estimate of drug-likeness (QED) is 0.751. The first kappa shape index (κ1) is 12.2. The SMILES string of the molecule is Nc1n[nH]c(-c2ccnnc2)c1-c1ccc(F)cc1F. The Hall–Kier alpha value is -2.83. The Bertz CT molecular complexity index is 755. The summed E-state index contributed by atoms with van der Waals surface area (Å²) < 4.78 is 26.9. The van der Waals surface area contributed by atoms with Gasteiger partial charge in [0.15, 0.2) is 5.82 Å². The average Bonchev–Trinajstić information content (AvgIpc) is 2.82. The summed E-state index contributed by atoms with van der Waals surface area (Å²) >= 11 is 0. The van der Waals surface area contributed by atoms with Gasteiger partial charge in [-0.3, -0.25) is 5.10 Å². The number of aromatic amines is 1. The van der Waals surface area contributed by atoms with Crippen molar-refractivity contribution in [2.45, 2.75) is 0 Å². The fourth-order valence-corrected chi connectivity index (χ4v) is 1.97. The Morgan fingerprint density at radius 2 is 1.95 bits per heavy atom. The summed E-state index contributed by atoms with van der Waals surface area (Å²) in [6.07, 6.45) is 3.00. The molecule has 0 bridgehead atoms. The largest absolute Gasteiger partial charge is 0.382 e. The highest BCUT2D eigenvalue weighted by molar-refractivity contribution is 5.87. The van der Waals surface area contributed by atoms with Crippen LogP contribution in [-0.2, 0) is 0 Å². The topological polar surface area (TPSA) is 80.5 Å². The smallest absolute Gasteiger partial charge is 0.153 e. The van der Waals surface area contributed by atoms with Crippen LogP contribution in [0.2, 0.25) is 0 Å². The first-order valence-corrected chi connectivity index (χ1v) is 5.73. The predicted molar refractivity (Wildman–Crippen MR) is 69.4 cm³/mol. The second kappa shape index (κ2) is 4.69. The monoisotopic (exact) mass is 273 g/mol. The van der Waals surface area contributed by atoms with E-state index >= 15 is 0 Å². The molecular weight excluding hydrogens is 264 g/mol. The third-order valence-electron chi connectivity index (χ3n) is 2.87. The van der Waals surface area contributed by atoms with Crippen molar-refractivity contribution in [3.05, 3.63) is 48.3 Å². The van der Waals surface area contributed by atoms with Gasteiger partial charge < -0.3 is 5.73 Å². The molecule has 0 amide bonds. The average molecular weight is 273 g/mol. The Kier molecular flexibility index (Phi) is 2.86. The molecule has 0 radical (unpaired) electrons. The molecular formula is C13H9F2N5. The third-order valence-corrected chi connectivity index (χ3v) is 2.87. The van der Waals surface area contributed by atoms with E-state index < -0.39 is 11.6 Å². The zero-order valence-electron chi connectivity index (χ0n) is 10.1. The molecule has 0 fully saturated rings. The highest BCUT2D eigenvalue weighted by Crippen LogP contribution is 2.35. The molecule has 1 aromatic carbocycles. The maximum atomic E-state index is 13.9. The summed E-state index contributed by atoms with van der Waals surface area (Å²) in [5, 5.41) is 14.0. The molecule has 3 N–H and O–H groups in total. The van der Waals surface area contributed by atoms with E-state index in [-0.39, 0.29) is 11.4 Å². The van der Waals surface area contributed by atoms with Gasteiger partial charge in [-0.2, -0.15) is 15.3 Å². The molecule has 5 nitrogen and oxygen atoms in total. The zero-order valence-corrected chi connectivity index (χ0v) is 10.1. The Labute approximate surface area is 112 Å². The summed E-state index contributed by atoms with van der Waals surface area (Å²) in [7, 11) is 0. The lowest BCUT2D eigenvalue weighted by Crippen LogP contribution is -1.93. The van der Waals surface area contributed by atoms with Gasteiger partial charge in [0.2, 0.25) is 0 Å². The Balaban J connectivity index is 2.22. The van der Waals surface area contributed by atoms with E-state index in [1.165, 1.54) is 24.5 Å². The van der Waals surface area contributed by atoms with Crippen LogP contribution in [0.25, 0.3) is 22.4 Å². The number of nitrogens with two attached hydrogens (primary N) is 1. The number of anilines is 1. The van der Waals surface area contributed by atoms with E-state index in [0.717, 1.165) is 6.07 Å². The Morgan fingerprint density at radius 3 is 2.65 bits per heavy atom. The number of aromatic nitrogens is 4. The van der Waals surface area contributed by atoms with Gasteiger partial charge in [-0.1, -0.05) is 0 Å². The minimum absolute atomic E-state index is 0.127. The molecule has 0 saturated heterocycles. The van der Waals surface area contributed by atoms with E-state index in [9.17, 15) is 8.78 Å². The minimum Gasteiger partial charge on any atom is -0.382 e. The summed E-state index contributed by atoms with van der Waals surface area (Å²) in [5.74, 6) is -1.23. The van der Waals surface area contributed by atoms with Crippen LogP contribution >= 0.6 is 0 Å². The van der Waals surface area contributed by atoms with Crippen molar-refractivity contribution in [2.24, 2.45) is 0 Å². The van der Waals surface area contributed by atoms with Crippen molar-refractivity contribution >= 4 is 5.82 Å². The van der Waals surface area contributed by atoms with Crippen molar-refractivity contribution in [3.8, 4) is 22.4 Å². The lowest BCUT2D eigenvalue weighted by atomic mass is 10.0. The van der Waals surface area contributed by atoms with Gasteiger partial charge in [-0.05, 0) is 18.2 Å². The molecule has 0 spiro atoms. The van der Waals surface area contributed by atoms with Gasteiger partial charge >= 0.3 is 0 Å². The fourth-order valence-electron chi connectivity index (χ4n) is 1.97. The summed E-state index contributed by atoms with van der Waals surface area (Å²) in [6.45, 7) is 0. The molecule has 2 aromatic heterocycles. The Morgan fingerprint density at radius 1 is 1.10 bits per heavy atom. The molecule has 2 heterocycles. The molecule has 3 rings (SSSR count). The molecule has 0 atom stereocenters. The first-order valence-electron chi connectivity index (χ1n) is 5.73. The number of rotatable bonds is 2. The second-order valence-electron chi connectivity index (χ2n) is 4.11. The highest BCUT2D eigenvalue weighted by Gasteiger charge is 2.18. The number of halogens is 2. The van der Waals surface area contributed by atoms with Crippen molar-refractivity contribution in [1.29, 1.82) is 0 Å². The van der Waals surface area contributed by atoms with Gasteiger partial charge in [-0.15, -0.1) is 0 Å². The van der Waals surface area contributed by atoms with E-state index in [1.54, 1.807) is 6.07 Å². The van der Waals surface area contributed by atoms with Crippen LogP contribution in [0.15, 0.2) is 36.7 Å². The van der Waals surface area contributed by atoms with Crippen molar-refractivity contribution in [1.82, 2.24) is 20.4 Å². The van der Waals surface area contributed by atoms with Crippen LogP contribution in [0.5, 0.6) is 0 Å². The van der Waals surface area contributed by atoms with Gasteiger partial charge in [0, 0.05) is 17.2 Å². The van der Waals surface area contributed by atoms with E-state index in [4.69, 9.17) is 5.73 Å². The highest BCUT2D eigenvalue weighted by atomic mass is 19.1. The fraction of sp³-hybridized carbons (Fsp3) is 0. The standard InChI is InChI=1S/C13H9F2N5/c14-8-1-2-9(10(15)5-8)11-12(19-20-13(11)16)7-3-4-17-18-6-7/h1-6H,(H3,16,19,20). The minimum atomic E-state index is -0.707. The van der Waals surface area contributed by atoms with Gasteiger partial charge in [0.25, 0.3) is 0 Å². The zero-order chi connectivity index (χ0) is 14.1. The molecule has 0 aliphatic heterocycles. The van der Waals surface area contributed by atoms with E-state index in [1.807, 2.05) is 0 Å². The number of H-pyrrole nitrogens is 1. The third kappa shape index (κ3) is 1.99. The lowest BCUT2D eigenvalue weighted by Gasteiger charge is -2.05. The van der Waals surface area contributed by atoms with Crippen molar-refractivity contribution in [3.63, 3.8) is 0 Å². The second-order valence-corrected chi connectivity index (χ2v) is 4.11. The van der Waals surface area contributed by atoms with Crippen LogP contribution in [-0.4, -0.2) is 20.4 Å². The number of benzene rings is 1. The number of hydrogen-bond acceptors (Lipinski definition) is 4. The number of nitrogen functional groups attached to an aromatic ring is 1. The van der Waals surface area contributed by atoms with Crippen LogP contribution in [0.4, 0.5) is 14.6 Å². The maximum absolute atomic E-state index is 13.9. The molecule has 0 unspecified atom stereocenters.